The lowest BCUT2D eigenvalue weighted by Gasteiger charge is -2.21. The molecular weight excluding hydrogens is 238 g/mol. The number of carbonyl (C=O) groups excluding carboxylic acids is 1. The van der Waals surface area contributed by atoms with Gasteiger partial charge in [0.25, 0.3) is 0 Å². The van der Waals surface area contributed by atoms with Crippen LogP contribution in [-0.2, 0) is 16.0 Å². The van der Waals surface area contributed by atoms with Crippen molar-refractivity contribution in [1.29, 1.82) is 0 Å². The summed E-state index contributed by atoms with van der Waals surface area (Å²) in [6.07, 6.45) is 2.48. The van der Waals surface area contributed by atoms with E-state index in [-0.39, 0.29) is 5.91 Å². The third-order valence-corrected chi connectivity index (χ3v) is 3.80. The van der Waals surface area contributed by atoms with Crippen LogP contribution in [0.5, 0.6) is 0 Å². The zero-order valence-corrected chi connectivity index (χ0v) is 10.3. The first-order chi connectivity index (χ1) is 8.18. The molecule has 1 saturated heterocycles. The molecule has 1 aromatic heterocycles. The van der Waals surface area contributed by atoms with Gasteiger partial charge in [-0.2, -0.15) is 11.3 Å². The molecule has 5 heteroatoms. The summed E-state index contributed by atoms with van der Waals surface area (Å²) < 4.78 is 0. The molecule has 1 aliphatic rings. The topological polar surface area (TPSA) is 57.6 Å². The van der Waals surface area contributed by atoms with Gasteiger partial charge in [-0.05, 0) is 41.7 Å². The predicted octanol–water partition coefficient (Wildman–Crippen LogP) is 1.76. The smallest absolute Gasteiger partial charge is 0.326 e. The van der Waals surface area contributed by atoms with E-state index >= 15 is 0 Å². The van der Waals surface area contributed by atoms with E-state index in [1.807, 2.05) is 16.8 Å². The molecule has 0 radical (unpaired) electrons. The van der Waals surface area contributed by atoms with Gasteiger partial charge >= 0.3 is 5.97 Å². The molecule has 92 valence electrons. The molecule has 1 amide bonds. The molecule has 1 aromatic rings. The molecule has 0 spiro atoms. The molecule has 0 aromatic carbocycles. The third kappa shape index (κ3) is 2.85. The minimum atomic E-state index is -0.883. The Balaban J connectivity index is 1.89. The molecule has 1 aliphatic heterocycles. The lowest BCUT2D eigenvalue weighted by atomic mass is 10.1. The van der Waals surface area contributed by atoms with E-state index in [1.165, 1.54) is 4.90 Å². The largest absolute Gasteiger partial charge is 0.480 e. The summed E-state index contributed by atoms with van der Waals surface area (Å²) >= 11 is 1.61. The number of aryl methyl sites for hydroxylation is 1. The Kier molecular flexibility index (Phi) is 3.78. The van der Waals surface area contributed by atoms with Crippen LogP contribution in [0.15, 0.2) is 16.8 Å². The van der Waals surface area contributed by atoms with Crippen LogP contribution in [0.1, 0.15) is 24.8 Å². The molecule has 0 bridgehead atoms. The Morgan fingerprint density at radius 3 is 3.00 bits per heavy atom. The highest BCUT2D eigenvalue weighted by Crippen LogP contribution is 2.19. The zero-order chi connectivity index (χ0) is 12.3. The van der Waals surface area contributed by atoms with E-state index < -0.39 is 12.0 Å². The van der Waals surface area contributed by atoms with Crippen molar-refractivity contribution in [3.63, 3.8) is 0 Å². The Labute approximate surface area is 104 Å². The van der Waals surface area contributed by atoms with Crippen LogP contribution in [0.3, 0.4) is 0 Å². The molecule has 0 aliphatic carbocycles. The summed E-state index contributed by atoms with van der Waals surface area (Å²) in [6.45, 7) is 0.583. The fraction of sp³-hybridized carbons (Fsp3) is 0.500. The van der Waals surface area contributed by atoms with Gasteiger partial charge < -0.3 is 10.0 Å². The van der Waals surface area contributed by atoms with Crippen molar-refractivity contribution in [2.45, 2.75) is 31.7 Å². The maximum Gasteiger partial charge on any atom is 0.326 e. The van der Waals surface area contributed by atoms with Crippen LogP contribution in [0.25, 0.3) is 0 Å². The van der Waals surface area contributed by atoms with Crippen molar-refractivity contribution in [2.24, 2.45) is 0 Å². The molecule has 2 heterocycles. The summed E-state index contributed by atoms with van der Waals surface area (Å²) in [7, 11) is 0. The van der Waals surface area contributed by atoms with E-state index in [4.69, 9.17) is 5.11 Å². The van der Waals surface area contributed by atoms with Gasteiger partial charge in [0.2, 0.25) is 5.91 Å². The van der Waals surface area contributed by atoms with Gasteiger partial charge in [0.15, 0.2) is 0 Å². The zero-order valence-electron chi connectivity index (χ0n) is 9.46. The van der Waals surface area contributed by atoms with Crippen molar-refractivity contribution >= 4 is 23.2 Å². The first kappa shape index (κ1) is 12.1. The highest BCUT2D eigenvalue weighted by molar-refractivity contribution is 7.07. The van der Waals surface area contributed by atoms with E-state index in [2.05, 4.69) is 0 Å². The number of thiophene rings is 1. The SMILES string of the molecule is O=C(O)C1CCCN1C(=O)CCc1ccsc1. The predicted molar refractivity (Wildman–Crippen MR) is 65.0 cm³/mol. The van der Waals surface area contributed by atoms with Gasteiger partial charge in [0.05, 0.1) is 0 Å². The number of likely N-dealkylation sites (tertiary alicyclic amines) is 1. The van der Waals surface area contributed by atoms with Gasteiger partial charge in [-0.1, -0.05) is 0 Å². The van der Waals surface area contributed by atoms with Crippen molar-refractivity contribution in [1.82, 2.24) is 4.90 Å². The van der Waals surface area contributed by atoms with Crippen molar-refractivity contribution in [3.8, 4) is 0 Å². The van der Waals surface area contributed by atoms with E-state index in [1.54, 1.807) is 11.3 Å². The molecule has 4 nitrogen and oxygen atoms in total. The van der Waals surface area contributed by atoms with E-state index in [0.717, 1.165) is 12.0 Å². The summed E-state index contributed by atoms with van der Waals surface area (Å²) in [6, 6.07) is 1.39. The van der Waals surface area contributed by atoms with Gasteiger partial charge in [-0.25, -0.2) is 4.79 Å². The number of nitrogens with zero attached hydrogens (tertiary/aromatic N) is 1. The number of aliphatic carboxylic acids is 1. The molecule has 2 rings (SSSR count). The highest BCUT2D eigenvalue weighted by Gasteiger charge is 2.33. The Morgan fingerprint density at radius 1 is 1.53 bits per heavy atom. The first-order valence-corrected chi connectivity index (χ1v) is 6.66. The standard InChI is InChI=1S/C12H15NO3S/c14-11(4-3-9-5-7-17-8-9)13-6-1-2-10(13)12(15)16/h5,7-8,10H,1-4,6H2,(H,15,16). The van der Waals surface area contributed by atoms with Gasteiger partial charge in [-0.15, -0.1) is 0 Å². The number of carbonyl (C=O) groups is 2. The van der Waals surface area contributed by atoms with Gasteiger partial charge in [0, 0.05) is 13.0 Å². The van der Waals surface area contributed by atoms with E-state index in [0.29, 0.717) is 25.8 Å². The number of hydrogen-bond acceptors (Lipinski definition) is 3. The number of carboxylic acid groups (broad SMARTS) is 1. The van der Waals surface area contributed by atoms with Crippen molar-refractivity contribution < 1.29 is 14.7 Å². The summed E-state index contributed by atoms with van der Waals surface area (Å²) in [5, 5.41) is 13.0. The van der Waals surface area contributed by atoms with Crippen LogP contribution >= 0.6 is 11.3 Å². The Morgan fingerprint density at radius 2 is 2.35 bits per heavy atom. The van der Waals surface area contributed by atoms with Crippen LogP contribution < -0.4 is 0 Å². The second-order valence-corrected chi connectivity index (χ2v) is 5.00. The lowest BCUT2D eigenvalue weighted by molar-refractivity contribution is -0.148. The summed E-state index contributed by atoms with van der Waals surface area (Å²) in [5.74, 6) is -0.924. The average molecular weight is 253 g/mol. The summed E-state index contributed by atoms with van der Waals surface area (Å²) in [4.78, 5) is 24.4. The number of amides is 1. The fourth-order valence-electron chi connectivity index (χ4n) is 2.15. The molecule has 1 fully saturated rings. The van der Waals surface area contributed by atoms with Crippen molar-refractivity contribution in [2.75, 3.05) is 6.54 Å². The quantitative estimate of drug-likeness (QED) is 0.889. The maximum atomic E-state index is 11.9. The second-order valence-electron chi connectivity index (χ2n) is 4.21. The Bertz CT molecular complexity index is 402. The number of carboxylic acids is 1. The van der Waals surface area contributed by atoms with Crippen molar-refractivity contribution in [3.05, 3.63) is 22.4 Å². The van der Waals surface area contributed by atoms with Crippen LogP contribution in [-0.4, -0.2) is 34.5 Å². The maximum absolute atomic E-state index is 11.9. The van der Waals surface area contributed by atoms with Crippen LogP contribution in [0.2, 0.25) is 0 Å². The minimum Gasteiger partial charge on any atom is -0.480 e. The van der Waals surface area contributed by atoms with Gasteiger partial charge in [-0.3, -0.25) is 4.79 Å². The molecule has 1 unspecified atom stereocenters. The molecule has 1 N–H and O–H groups in total. The Hall–Kier alpha value is -1.36. The molecule has 17 heavy (non-hydrogen) atoms. The minimum absolute atomic E-state index is 0.0406. The second kappa shape index (κ2) is 5.31. The summed E-state index contributed by atoms with van der Waals surface area (Å²) in [5.41, 5.74) is 1.15. The van der Waals surface area contributed by atoms with E-state index in [9.17, 15) is 9.59 Å². The molecule has 1 atom stereocenters. The normalized spacial score (nSPS) is 19.5. The van der Waals surface area contributed by atoms with Gasteiger partial charge in [0.1, 0.15) is 6.04 Å². The fourth-order valence-corrected chi connectivity index (χ4v) is 2.85. The highest BCUT2D eigenvalue weighted by atomic mass is 32.1. The number of rotatable bonds is 4. The number of hydrogen-bond donors (Lipinski definition) is 1. The van der Waals surface area contributed by atoms with Crippen LogP contribution in [0, 0.1) is 0 Å². The molecular formula is C12H15NO3S. The van der Waals surface area contributed by atoms with Crippen LogP contribution in [0.4, 0.5) is 0 Å². The third-order valence-electron chi connectivity index (χ3n) is 3.07. The monoisotopic (exact) mass is 253 g/mol. The first-order valence-electron chi connectivity index (χ1n) is 5.72. The molecule has 0 saturated carbocycles. The lowest BCUT2D eigenvalue weighted by Crippen LogP contribution is -2.40. The average Bonchev–Trinajstić information content (AvgIpc) is 2.96.